The number of rotatable bonds is 3. The Morgan fingerprint density at radius 3 is 2.72 bits per heavy atom. The summed E-state index contributed by atoms with van der Waals surface area (Å²) in [6.07, 6.45) is 1.47. The van der Waals surface area contributed by atoms with Crippen LogP contribution in [0.3, 0.4) is 0 Å². The zero-order valence-corrected chi connectivity index (χ0v) is 12.6. The molecule has 0 amide bonds. The van der Waals surface area contributed by atoms with Crippen molar-refractivity contribution in [2.75, 3.05) is 10.7 Å². The van der Waals surface area contributed by atoms with Crippen molar-refractivity contribution in [2.45, 2.75) is 0 Å². The summed E-state index contributed by atoms with van der Waals surface area (Å²) in [5, 5.41) is 4.17. The molecule has 2 aromatic rings. The Kier molecular flexibility index (Phi) is 4.44. The van der Waals surface area contributed by atoms with E-state index in [0.29, 0.717) is 15.9 Å². The lowest BCUT2D eigenvalue weighted by Gasteiger charge is -2.10. The number of nitrogens with one attached hydrogen (secondary N) is 2. The Morgan fingerprint density at radius 2 is 2.06 bits per heavy atom. The van der Waals surface area contributed by atoms with Gasteiger partial charge in [0.25, 0.3) is 0 Å². The second kappa shape index (κ2) is 5.87. The number of aromatic nitrogens is 2. The highest BCUT2D eigenvalue weighted by Gasteiger charge is 2.07. The molecule has 8 heteroatoms. The van der Waals surface area contributed by atoms with Crippen LogP contribution in [0.2, 0.25) is 10.0 Å². The third-order valence-electron chi connectivity index (χ3n) is 2.06. The van der Waals surface area contributed by atoms with E-state index < -0.39 is 0 Å². The summed E-state index contributed by atoms with van der Waals surface area (Å²) in [7, 11) is 0. The largest absolute Gasteiger partial charge is 0.338 e. The number of benzene rings is 1. The molecule has 1 aromatic carbocycles. The Morgan fingerprint density at radius 1 is 1.28 bits per heavy atom. The van der Waals surface area contributed by atoms with Gasteiger partial charge in [-0.25, -0.2) is 10.8 Å². The number of halogens is 3. The monoisotopic (exact) mass is 395 g/mol. The standard InChI is InChI=1S/C10H8Cl2IN5/c11-5-1-2-8(7(13)3-5)16-9-6(12)4-15-10(17-9)18-14/h1-4H,14H2,(H2,15,16,17,18). The van der Waals surface area contributed by atoms with Crippen molar-refractivity contribution in [3.8, 4) is 0 Å². The molecule has 2 rings (SSSR count). The van der Waals surface area contributed by atoms with Crippen molar-refractivity contribution in [3.63, 3.8) is 0 Å². The zero-order valence-electron chi connectivity index (χ0n) is 8.92. The minimum absolute atomic E-state index is 0.283. The van der Waals surface area contributed by atoms with Crippen molar-refractivity contribution in [2.24, 2.45) is 5.84 Å². The van der Waals surface area contributed by atoms with Crippen molar-refractivity contribution in [1.82, 2.24) is 9.97 Å². The predicted molar refractivity (Wildman–Crippen MR) is 82.3 cm³/mol. The Labute approximate surface area is 127 Å². The van der Waals surface area contributed by atoms with Gasteiger partial charge in [-0.15, -0.1) is 0 Å². The first-order chi connectivity index (χ1) is 8.60. The fourth-order valence-electron chi connectivity index (χ4n) is 1.24. The van der Waals surface area contributed by atoms with Crippen molar-refractivity contribution >= 4 is 63.2 Å². The maximum Gasteiger partial charge on any atom is 0.239 e. The Hall–Kier alpha value is -0.830. The van der Waals surface area contributed by atoms with E-state index in [2.05, 4.69) is 43.3 Å². The molecule has 0 saturated carbocycles. The Bertz CT molecular complexity index is 578. The van der Waals surface area contributed by atoms with Gasteiger partial charge in [0.2, 0.25) is 5.95 Å². The fraction of sp³-hybridized carbons (Fsp3) is 0. The van der Waals surface area contributed by atoms with Gasteiger partial charge < -0.3 is 5.32 Å². The van der Waals surface area contributed by atoms with Crippen molar-refractivity contribution in [3.05, 3.63) is 38.0 Å². The first-order valence-corrected chi connectivity index (χ1v) is 6.65. The van der Waals surface area contributed by atoms with Crippen LogP contribution in [0.25, 0.3) is 0 Å². The minimum atomic E-state index is 0.283. The van der Waals surface area contributed by atoms with E-state index in [0.717, 1.165) is 9.26 Å². The van der Waals surface area contributed by atoms with Crippen molar-refractivity contribution < 1.29 is 0 Å². The van der Waals surface area contributed by atoms with Gasteiger partial charge in [0.1, 0.15) is 5.02 Å². The number of nitrogen functional groups attached to an aromatic ring is 1. The molecule has 4 N–H and O–H groups in total. The Balaban J connectivity index is 2.33. The maximum atomic E-state index is 6.00. The molecule has 0 unspecified atom stereocenters. The number of hydrogen-bond acceptors (Lipinski definition) is 5. The third-order valence-corrected chi connectivity index (χ3v) is 3.46. The summed E-state index contributed by atoms with van der Waals surface area (Å²) in [5.74, 6) is 6.00. The highest BCUT2D eigenvalue weighted by Crippen LogP contribution is 2.28. The van der Waals surface area contributed by atoms with Gasteiger partial charge in [0.15, 0.2) is 5.82 Å². The SMILES string of the molecule is NNc1ncc(Cl)c(Nc2ccc(Cl)cc2I)n1. The second-order valence-electron chi connectivity index (χ2n) is 3.28. The van der Waals surface area contributed by atoms with Gasteiger partial charge in [0, 0.05) is 8.59 Å². The summed E-state index contributed by atoms with van der Waals surface area (Å²) < 4.78 is 0.956. The molecule has 0 aliphatic rings. The predicted octanol–water partition coefficient (Wildman–Crippen LogP) is 3.42. The van der Waals surface area contributed by atoms with E-state index in [4.69, 9.17) is 29.0 Å². The lowest BCUT2D eigenvalue weighted by molar-refractivity contribution is 1.12. The zero-order chi connectivity index (χ0) is 13.1. The molecule has 5 nitrogen and oxygen atoms in total. The van der Waals surface area contributed by atoms with Gasteiger partial charge in [-0.2, -0.15) is 4.98 Å². The summed E-state index contributed by atoms with van der Waals surface area (Å²) >= 11 is 14.1. The highest BCUT2D eigenvalue weighted by atomic mass is 127. The molecular weight excluding hydrogens is 388 g/mol. The van der Waals surface area contributed by atoms with Crippen LogP contribution in [-0.2, 0) is 0 Å². The summed E-state index contributed by atoms with van der Waals surface area (Å²) in [5.41, 5.74) is 3.21. The average Bonchev–Trinajstić information content (AvgIpc) is 2.35. The number of hydrogen-bond donors (Lipinski definition) is 3. The molecule has 94 valence electrons. The van der Waals surface area contributed by atoms with E-state index >= 15 is 0 Å². The summed E-state index contributed by atoms with van der Waals surface area (Å²) in [6, 6.07) is 5.46. The quantitative estimate of drug-likeness (QED) is 0.421. The van der Waals surface area contributed by atoms with E-state index in [9.17, 15) is 0 Å². The van der Waals surface area contributed by atoms with Gasteiger partial charge >= 0.3 is 0 Å². The van der Waals surface area contributed by atoms with Crippen LogP contribution < -0.4 is 16.6 Å². The van der Waals surface area contributed by atoms with Crippen molar-refractivity contribution in [1.29, 1.82) is 0 Å². The summed E-state index contributed by atoms with van der Waals surface area (Å²) in [6.45, 7) is 0. The molecule has 0 radical (unpaired) electrons. The van der Waals surface area contributed by atoms with Crippen LogP contribution in [0.5, 0.6) is 0 Å². The third kappa shape index (κ3) is 3.14. The molecule has 0 atom stereocenters. The molecule has 0 bridgehead atoms. The van der Waals surface area contributed by atoms with Crippen LogP contribution in [0.4, 0.5) is 17.5 Å². The van der Waals surface area contributed by atoms with Crippen LogP contribution in [0.15, 0.2) is 24.4 Å². The molecule has 0 spiro atoms. The fourth-order valence-corrected chi connectivity index (χ4v) is 2.39. The average molecular weight is 396 g/mol. The smallest absolute Gasteiger partial charge is 0.239 e. The van der Waals surface area contributed by atoms with Crippen LogP contribution in [0, 0.1) is 3.57 Å². The molecule has 0 saturated heterocycles. The number of nitrogens with two attached hydrogens (primary N) is 1. The van der Waals surface area contributed by atoms with E-state index in [1.807, 2.05) is 12.1 Å². The lowest BCUT2D eigenvalue weighted by Crippen LogP contribution is -2.11. The van der Waals surface area contributed by atoms with E-state index in [1.165, 1.54) is 6.20 Å². The van der Waals surface area contributed by atoms with Gasteiger partial charge in [0.05, 0.1) is 11.9 Å². The lowest BCUT2D eigenvalue weighted by atomic mass is 10.3. The topological polar surface area (TPSA) is 75.9 Å². The molecule has 1 aromatic heterocycles. The van der Waals surface area contributed by atoms with Gasteiger partial charge in [-0.3, -0.25) is 5.43 Å². The number of anilines is 3. The normalized spacial score (nSPS) is 10.2. The molecule has 18 heavy (non-hydrogen) atoms. The van der Waals surface area contributed by atoms with Gasteiger partial charge in [-0.05, 0) is 40.8 Å². The number of hydrazine groups is 1. The minimum Gasteiger partial charge on any atom is -0.338 e. The van der Waals surface area contributed by atoms with Gasteiger partial charge in [-0.1, -0.05) is 23.2 Å². The molecule has 1 heterocycles. The maximum absolute atomic E-state index is 6.00. The van der Waals surface area contributed by atoms with Crippen LogP contribution in [-0.4, -0.2) is 9.97 Å². The molecule has 0 aliphatic carbocycles. The molecule has 0 fully saturated rings. The van der Waals surface area contributed by atoms with E-state index in [1.54, 1.807) is 6.07 Å². The molecule has 0 aliphatic heterocycles. The summed E-state index contributed by atoms with van der Waals surface area (Å²) in [4.78, 5) is 8.02. The van der Waals surface area contributed by atoms with E-state index in [-0.39, 0.29) is 5.95 Å². The first-order valence-electron chi connectivity index (χ1n) is 4.81. The molecular formula is C10H8Cl2IN5. The van der Waals surface area contributed by atoms with Crippen LogP contribution >= 0.6 is 45.8 Å². The number of nitrogens with zero attached hydrogens (tertiary/aromatic N) is 2. The van der Waals surface area contributed by atoms with Crippen LogP contribution in [0.1, 0.15) is 0 Å². The first kappa shape index (κ1) is 13.6. The second-order valence-corrected chi connectivity index (χ2v) is 5.29. The highest BCUT2D eigenvalue weighted by molar-refractivity contribution is 14.1.